The molecule has 1 aromatic carbocycles. The predicted octanol–water partition coefficient (Wildman–Crippen LogP) is 0.996. The zero-order chi connectivity index (χ0) is 13.4. The lowest BCUT2D eigenvalue weighted by Gasteiger charge is -2.18. The van der Waals surface area contributed by atoms with Gasteiger partial charge in [-0.1, -0.05) is 11.6 Å². The smallest absolute Gasteiger partial charge is 0.299 e. The average molecular weight is 249 g/mol. The zero-order valence-corrected chi connectivity index (χ0v) is 9.84. The second kappa shape index (κ2) is 4.23. The van der Waals surface area contributed by atoms with Gasteiger partial charge in [0.1, 0.15) is 6.04 Å². The maximum absolute atomic E-state index is 12.0. The Hall–Kier alpha value is -2.21. The largest absolute Gasteiger partial charge is 0.364 e. The molecule has 6 nitrogen and oxygen atoms in total. The quantitative estimate of drug-likeness (QED) is 0.480. The molecule has 0 bridgehead atoms. The zero-order valence-electron chi connectivity index (χ0n) is 9.84. The molecule has 0 aliphatic carbocycles. The first-order valence-electron chi connectivity index (χ1n) is 5.31. The van der Waals surface area contributed by atoms with E-state index in [0.29, 0.717) is 0 Å². The molecule has 1 unspecified atom stereocenters. The highest BCUT2D eigenvalue weighted by Gasteiger charge is 2.41. The van der Waals surface area contributed by atoms with Gasteiger partial charge in [-0.05, 0) is 26.0 Å². The molecule has 94 valence electrons. The minimum atomic E-state index is -1.16. The van der Waals surface area contributed by atoms with E-state index in [1.165, 1.54) is 6.92 Å². The number of carbonyl (C=O) groups is 3. The summed E-state index contributed by atoms with van der Waals surface area (Å²) in [5, 5.41) is 8.30. The van der Waals surface area contributed by atoms with Crippen LogP contribution in [0.3, 0.4) is 0 Å². The van der Waals surface area contributed by atoms with Gasteiger partial charge in [0.2, 0.25) is 0 Å². The topological polar surface area (TPSA) is 83.9 Å². The third kappa shape index (κ3) is 1.67. The van der Waals surface area contributed by atoms with Crippen LogP contribution in [0.2, 0.25) is 0 Å². The van der Waals surface area contributed by atoms with Crippen molar-refractivity contribution in [2.24, 2.45) is 0 Å². The number of hydrogen-bond acceptors (Lipinski definition) is 5. The Kier molecular flexibility index (Phi) is 2.88. The molecule has 0 saturated heterocycles. The Bertz CT molecular complexity index is 551. The molecule has 0 aromatic heterocycles. The average Bonchev–Trinajstić information content (AvgIpc) is 2.60. The second-order valence-corrected chi connectivity index (χ2v) is 4.12. The molecule has 2 rings (SSSR count). The molecule has 0 spiro atoms. The van der Waals surface area contributed by atoms with E-state index in [4.69, 9.17) is 5.26 Å². The summed E-state index contributed by atoms with van der Waals surface area (Å²) in [6.45, 7) is 3.11. The number of carbonyl (C=O) groups excluding carboxylic acids is 3. The number of nitrogens with zero attached hydrogens (tertiary/aromatic N) is 1. The van der Waals surface area contributed by atoms with Gasteiger partial charge in [-0.25, -0.2) is 4.79 Å². The van der Waals surface area contributed by atoms with Gasteiger partial charge in [-0.15, -0.1) is 0 Å². The highest BCUT2D eigenvalue weighted by atomic mass is 17.1. The molecule has 1 aromatic rings. The molecular weight excluding hydrogens is 238 g/mol. The van der Waals surface area contributed by atoms with Crippen LogP contribution in [0.5, 0.6) is 0 Å². The fourth-order valence-corrected chi connectivity index (χ4v) is 1.91. The summed E-state index contributed by atoms with van der Waals surface area (Å²) in [5.74, 6) is -2.18. The first kappa shape index (κ1) is 12.3. The lowest BCUT2D eigenvalue weighted by Crippen LogP contribution is -2.43. The van der Waals surface area contributed by atoms with Crippen LogP contribution >= 0.6 is 0 Å². The summed E-state index contributed by atoms with van der Waals surface area (Å²) < 4.78 is 0. The van der Waals surface area contributed by atoms with Crippen LogP contribution in [0.15, 0.2) is 18.2 Å². The molecule has 1 heterocycles. The molecule has 1 N–H and O–H groups in total. The Balaban J connectivity index is 2.43. The van der Waals surface area contributed by atoms with Gasteiger partial charge in [-0.2, -0.15) is 5.26 Å². The fraction of sp³-hybridized carbons (Fsp3) is 0.250. The molecule has 6 heteroatoms. The van der Waals surface area contributed by atoms with Crippen molar-refractivity contribution < 1.29 is 24.5 Å². The highest BCUT2D eigenvalue weighted by molar-refractivity contribution is 6.22. The van der Waals surface area contributed by atoms with Crippen molar-refractivity contribution in [2.75, 3.05) is 0 Å². The van der Waals surface area contributed by atoms with E-state index in [2.05, 4.69) is 4.89 Å². The Labute approximate surface area is 103 Å². The van der Waals surface area contributed by atoms with Crippen LogP contribution in [-0.4, -0.2) is 34.0 Å². The molecule has 1 aliphatic heterocycles. The Morgan fingerprint density at radius 2 is 1.89 bits per heavy atom. The standard InChI is InChI=1S/C12H11NO5/c1-6-3-4-8-9(5-6)11(15)13(10(8)14)7(2)12(16)18-17/h3-5,7,17H,1-2H3. The highest BCUT2D eigenvalue weighted by Crippen LogP contribution is 2.25. The Morgan fingerprint density at radius 3 is 2.50 bits per heavy atom. The predicted molar refractivity (Wildman–Crippen MR) is 59.9 cm³/mol. The number of rotatable bonds is 2. The molecular formula is C12H11NO5. The summed E-state index contributed by atoms with van der Waals surface area (Å²) in [6, 6.07) is 3.68. The summed E-state index contributed by atoms with van der Waals surface area (Å²) in [5.41, 5.74) is 1.36. The molecule has 0 radical (unpaired) electrons. The van der Waals surface area contributed by atoms with Gasteiger partial charge in [0.15, 0.2) is 0 Å². The van der Waals surface area contributed by atoms with Gasteiger partial charge in [-0.3, -0.25) is 19.4 Å². The van der Waals surface area contributed by atoms with E-state index >= 15 is 0 Å². The molecule has 18 heavy (non-hydrogen) atoms. The third-order valence-electron chi connectivity index (χ3n) is 2.89. The van der Waals surface area contributed by atoms with Crippen molar-refractivity contribution in [1.29, 1.82) is 0 Å². The van der Waals surface area contributed by atoms with Crippen LogP contribution in [-0.2, 0) is 9.68 Å². The van der Waals surface area contributed by atoms with E-state index in [1.807, 2.05) is 0 Å². The van der Waals surface area contributed by atoms with Gasteiger partial charge in [0.05, 0.1) is 11.1 Å². The minimum absolute atomic E-state index is 0.253. The van der Waals surface area contributed by atoms with Crippen LogP contribution < -0.4 is 0 Å². The summed E-state index contributed by atoms with van der Waals surface area (Å²) in [4.78, 5) is 39.6. The summed E-state index contributed by atoms with van der Waals surface area (Å²) >= 11 is 0. The number of hydrogen-bond donors (Lipinski definition) is 1. The van der Waals surface area contributed by atoms with E-state index in [-0.39, 0.29) is 11.1 Å². The van der Waals surface area contributed by atoms with E-state index in [9.17, 15) is 14.4 Å². The lowest BCUT2D eigenvalue weighted by molar-refractivity contribution is -0.237. The molecule has 1 aliphatic rings. The van der Waals surface area contributed by atoms with Gasteiger partial charge < -0.3 is 0 Å². The number of aryl methyl sites for hydroxylation is 1. The first-order valence-corrected chi connectivity index (χ1v) is 5.31. The second-order valence-electron chi connectivity index (χ2n) is 4.12. The van der Waals surface area contributed by atoms with E-state index in [0.717, 1.165) is 10.5 Å². The molecule has 2 amide bonds. The van der Waals surface area contributed by atoms with Gasteiger partial charge in [0, 0.05) is 0 Å². The van der Waals surface area contributed by atoms with Gasteiger partial charge >= 0.3 is 5.97 Å². The monoisotopic (exact) mass is 249 g/mol. The Morgan fingerprint density at radius 1 is 1.28 bits per heavy atom. The van der Waals surface area contributed by atoms with Crippen LogP contribution in [0.25, 0.3) is 0 Å². The molecule has 0 saturated carbocycles. The normalized spacial score (nSPS) is 15.6. The van der Waals surface area contributed by atoms with Crippen molar-refractivity contribution in [3.05, 3.63) is 34.9 Å². The summed E-state index contributed by atoms with van der Waals surface area (Å²) in [7, 11) is 0. The van der Waals surface area contributed by atoms with E-state index < -0.39 is 23.8 Å². The van der Waals surface area contributed by atoms with Crippen molar-refractivity contribution in [1.82, 2.24) is 4.90 Å². The SMILES string of the molecule is Cc1ccc2c(c1)C(=O)N(C(C)C(=O)OO)C2=O. The van der Waals surface area contributed by atoms with Crippen LogP contribution in [0, 0.1) is 6.92 Å². The molecule has 1 atom stereocenters. The van der Waals surface area contributed by atoms with Crippen molar-refractivity contribution in [3.63, 3.8) is 0 Å². The maximum atomic E-state index is 12.0. The summed E-state index contributed by atoms with van der Waals surface area (Å²) in [6.07, 6.45) is 0. The third-order valence-corrected chi connectivity index (χ3v) is 2.89. The molecule has 0 fully saturated rings. The lowest BCUT2D eigenvalue weighted by atomic mass is 10.1. The number of fused-ring (bicyclic) bond motifs is 1. The maximum Gasteiger partial charge on any atom is 0.364 e. The first-order chi connectivity index (χ1) is 8.47. The van der Waals surface area contributed by atoms with Crippen molar-refractivity contribution in [2.45, 2.75) is 19.9 Å². The fourth-order valence-electron chi connectivity index (χ4n) is 1.91. The minimum Gasteiger partial charge on any atom is -0.299 e. The number of benzene rings is 1. The number of amides is 2. The van der Waals surface area contributed by atoms with E-state index in [1.54, 1.807) is 25.1 Å². The number of imide groups is 1. The van der Waals surface area contributed by atoms with Crippen molar-refractivity contribution >= 4 is 17.8 Å². The van der Waals surface area contributed by atoms with Crippen molar-refractivity contribution in [3.8, 4) is 0 Å². The van der Waals surface area contributed by atoms with Gasteiger partial charge in [0.25, 0.3) is 11.8 Å². The van der Waals surface area contributed by atoms with Crippen LogP contribution in [0.1, 0.15) is 33.2 Å². The van der Waals surface area contributed by atoms with Crippen LogP contribution in [0.4, 0.5) is 0 Å².